The highest BCUT2D eigenvalue weighted by atomic mass is 35.5. The van der Waals surface area contributed by atoms with E-state index in [1.807, 2.05) is 6.92 Å². The van der Waals surface area contributed by atoms with Crippen molar-refractivity contribution in [1.82, 2.24) is 9.97 Å². The van der Waals surface area contributed by atoms with Crippen LogP contribution in [0.2, 0.25) is 5.15 Å². The van der Waals surface area contributed by atoms with E-state index in [0.29, 0.717) is 35.0 Å². The van der Waals surface area contributed by atoms with Crippen LogP contribution in [-0.2, 0) is 26.8 Å². The third-order valence-corrected chi connectivity index (χ3v) is 7.43. The maximum Gasteiger partial charge on any atom is 0.228 e. The van der Waals surface area contributed by atoms with Crippen molar-refractivity contribution in [1.29, 1.82) is 0 Å². The van der Waals surface area contributed by atoms with Crippen LogP contribution in [0, 0.1) is 17.6 Å². The molecule has 0 saturated heterocycles. The number of amides is 1. The molecule has 0 atom stereocenters. The smallest absolute Gasteiger partial charge is 0.228 e. The average molecular weight is 492 g/mol. The summed E-state index contributed by atoms with van der Waals surface area (Å²) in [6.07, 6.45) is 5.20. The second-order valence-electron chi connectivity index (χ2n) is 7.80. The molecule has 0 bridgehead atoms. The van der Waals surface area contributed by atoms with E-state index in [-0.39, 0.29) is 22.5 Å². The molecule has 4 rings (SSSR count). The normalized spacial score (nSPS) is 13.7. The molecule has 0 radical (unpaired) electrons. The van der Waals surface area contributed by atoms with Gasteiger partial charge in [-0.2, -0.15) is 0 Å². The number of nitrogens with zero attached hydrogens (tertiary/aromatic N) is 2. The van der Waals surface area contributed by atoms with E-state index in [2.05, 4.69) is 15.3 Å². The van der Waals surface area contributed by atoms with Crippen LogP contribution in [0.5, 0.6) is 0 Å². The van der Waals surface area contributed by atoms with Gasteiger partial charge in [-0.15, -0.1) is 0 Å². The average Bonchev–Trinajstić information content (AvgIpc) is 3.60. The van der Waals surface area contributed by atoms with Gasteiger partial charge in [0.1, 0.15) is 27.5 Å². The summed E-state index contributed by atoms with van der Waals surface area (Å²) >= 11 is 6.27. The van der Waals surface area contributed by atoms with Crippen molar-refractivity contribution in [3.8, 4) is 11.1 Å². The molecule has 1 fully saturated rings. The summed E-state index contributed by atoms with van der Waals surface area (Å²) in [5.74, 6) is -2.33. The van der Waals surface area contributed by atoms with Gasteiger partial charge in [0.25, 0.3) is 0 Å². The first-order valence-corrected chi connectivity index (χ1v) is 12.3. The van der Waals surface area contributed by atoms with E-state index in [1.54, 1.807) is 12.1 Å². The van der Waals surface area contributed by atoms with Crippen LogP contribution in [-0.4, -0.2) is 24.3 Å². The number of halogens is 3. The number of benzene rings is 1. The fraction of sp³-hybridized carbons (Fsp3) is 0.261. The van der Waals surface area contributed by atoms with E-state index < -0.39 is 32.1 Å². The zero-order chi connectivity index (χ0) is 23.8. The monoisotopic (exact) mass is 491 g/mol. The predicted molar refractivity (Wildman–Crippen MR) is 120 cm³/mol. The van der Waals surface area contributed by atoms with Crippen LogP contribution in [0.25, 0.3) is 11.1 Å². The summed E-state index contributed by atoms with van der Waals surface area (Å²) in [6, 6.07) is 5.71. The molecule has 1 aliphatic carbocycles. The number of sulfone groups is 1. The number of pyridine rings is 2. The number of anilines is 1. The van der Waals surface area contributed by atoms with Gasteiger partial charge in [0, 0.05) is 35.5 Å². The maximum absolute atomic E-state index is 14.2. The summed E-state index contributed by atoms with van der Waals surface area (Å²) in [7, 11) is -4.18. The predicted octanol–water partition coefficient (Wildman–Crippen LogP) is 4.96. The van der Waals surface area contributed by atoms with Gasteiger partial charge in [-0.25, -0.2) is 27.2 Å². The lowest BCUT2D eigenvalue weighted by Gasteiger charge is -2.16. The summed E-state index contributed by atoms with van der Waals surface area (Å²) in [5.41, 5.74) is 2.15. The first-order valence-electron chi connectivity index (χ1n) is 10.3. The Kier molecular flexibility index (Phi) is 6.45. The summed E-state index contributed by atoms with van der Waals surface area (Å²) in [5, 5.41) is 2.77. The number of aromatic nitrogens is 2. The standard InChI is InChI=1S/C23H20ClF2N3O3S/c1-2-16-17(14-7-8-27-21(9-14)29-23(30)13-3-4-13)11-28-22(24)18(16)12-33(31,32)20-6-5-15(25)10-19(20)26/h5-11,13H,2-4,12H2,1H3,(H,27,29,30). The number of rotatable bonds is 7. The Balaban J connectivity index is 1.72. The molecule has 0 spiro atoms. The zero-order valence-corrected chi connectivity index (χ0v) is 19.2. The van der Waals surface area contributed by atoms with Crippen LogP contribution < -0.4 is 5.32 Å². The second kappa shape index (κ2) is 9.15. The second-order valence-corrected chi connectivity index (χ2v) is 10.1. The van der Waals surface area contributed by atoms with Gasteiger partial charge in [-0.1, -0.05) is 18.5 Å². The number of hydrogen-bond donors (Lipinski definition) is 1. The quantitative estimate of drug-likeness (QED) is 0.372. The maximum atomic E-state index is 14.2. The van der Waals surface area contributed by atoms with Gasteiger partial charge < -0.3 is 5.32 Å². The largest absolute Gasteiger partial charge is 0.310 e. The molecule has 0 unspecified atom stereocenters. The molecule has 3 aromatic rings. The molecule has 2 aromatic heterocycles. The Morgan fingerprint density at radius 1 is 1.15 bits per heavy atom. The van der Waals surface area contributed by atoms with Crippen molar-refractivity contribution in [2.45, 2.75) is 36.8 Å². The molecule has 1 amide bonds. The first kappa shape index (κ1) is 23.3. The van der Waals surface area contributed by atoms with Crippen molar-refractivity contribution in [2.75, 3.05) is 5.32 Å². The van der Waals surface area contributed by atoms with E-state index in [0.717, 1.165) is 25.0 Å². The van der Waals surface area contributed by atoms with Gasteiger partial charge in [-0.3, -0.25) is 4.79 Å². The minimum absolute atomic E-state index is 0.0157. The Bertz CT molecular complexity index is 1340. The first-order chi connectivity index (χ1) is 15.7. The molecule has 6 nitrogen and oxygen atoms in total. The molecular weight excluding hydrogens is 472 g/mol. The fourth-order valence-electron chi connectivity index (χ4n) is 3.60. The molecule has 1 aromatic carbocycles. The zero-order valence-electron chi connectivity index (χ0n) is 17.6. The van der Waals surface area contributed by atoms with Crippen LogP contribution in [0.3, 0.4) is 0 Å². The molecule has 1 aliphatic rings. The third kappa shape index (κ3) is 5.04. The van der Waals surface area contributed by atoms with Crippen molar-refractivity contribution < 1.29 is 22.0 Å². The fourth-order valence-corrected chi connectivity index (χ4v) is 5.39. The van der Waals surface area contributed by atoms with E-state index in [4.69, 9.17) is 11.6 Å². The van der Waals surface area contributed by atoms with Crippen molar-refractivity contribution >= 4 is 33.2 Å². The van der Waals surface area contributed by atoms with E-state index >= 15 is 0 Å². The van der Waals surface area contributed by atoms with Gasteiger partial charge in [0.2, 0.25) is 5.91 Å². The minimum Gasteiger partial charge on any atom is -0.310 e. The number of carbonyl (C=O) groups excluding carboxylic acids is 1. The minimum atomic E-state index is -4.18. The molecular formula is C23H20ClF2N3O3S. The molecule has 1 saturated carbocycles. The van der Waals surface area contributed by atoms with Crippen molar-refractivity contribution in [3.05, 3.63) is 70.6 Å². The number of carbonyl (C=O) groups is 1. The Morgan fingerprint density at radius 3 is 2.58 bits per heavy atom. The van der Waals surface area contributed by atoms with Crippen LogP contribution in [0.1, 0.15) is 30.9 Å². The summed E-state index contributed by atoms with van der Waals surface area (Å²) < 4.78 is 53.3. The van der Waals surface area contributed by atoms with Gasteiger partial charge >= 0.3 is 0 Å². The Morgan fingerprint density at radius 2 is 1.91 bits per heavy atom. The highest BCUT2D eigenvalue weighted by molar-refractivity contribution is 7.90. The lowest BCUT2D eigenvalue weighted by atomic mass is 9.97. The number of nitrogens with one attached hydrogen (secondary N) is 1. The Labute approximate surface area is 195 Å². The van der Waals surface area contributed by atoms with Crippen LogP contribution in [0.15, 0.2) is 47.6 Å². The van der Waals surface area contributed by atoms with Gasteiger partial charge in [-0.05, 0) is 54.7 Å². The molecule has 1 N–H and O–H groups in total. The third-order valence-electron chi connectivity index (χ3n) is 5.43. The van der Waals surface area contributed by atoms with Gasteiger partial charge in [0.15, 0.2) is 9.84 Å². The highest BCUT2D eigenvalue weighted by Crippen LogP contribution is 2.34. The summed E-state index contributed by atoms with van der Waals surface area (Å²) in [4.78, 5) is 19.8. The highest BCUT2D eigenvalue weighted by Gasteiger charge is 2.30. The van der Waals surface area contributed by atoms with Crippen molar-refractivity contribution in [2.24, 2.45) is 5.92 Å². The molecule has 10 heteroatoms. The molecule has 172 valence electrons. The Hall–Kier alpha value is -2.91. The van der Waals surface area contributed by atoms with Crippen LogP contribution in [0.4, 0.5) is 14.6 Å². The molecule has 2 heterocycles. The SMILES string of the molecule is CCc1c(-c2ccnc(NC(=O)C3CC3)c2)cnc(Cl)c1CS(=O)(=O)c1ccc(F)cc1F. The lowest BCUT2D eigenvalue weighted by Crippen LogP contribution is -2.14. The van der Waals surface area contributed by atoms with Gasteiger partial charge in [0.05, 0.1) is 5.75 Å². The van der Waals surface area contributed by atoms with E-state index in [9.17, 15) is 22.0 Å². The van der Waals surface area contributed by atoms with Crippen molar-refractivity contribution in [3.63, 3.8) is 0 Å². The lowest BCUT2D eigenvalue weighted by molar-refractivity contribution is -0.117. The molecule has 33 heavy (non-hydrogen) atoms. The van der Waals surface area contributed by atoms with E-state index in [1.165, 1.54) is 12.4 Å². The summed E-state index contributed by atoms with van der Waals surface area (Å²) in [6.45, 7) is 1.83. The number of hydrogen-bond acceptors (Lipinski definition) is 5. The van der Waals surface area contributed by atoms with Crippen LogP contribution >= 0.6 is 11.6 Å². The topological polar surface area (TPSA) is 89.0 Å². The molecule has 0 aliphatic heterocycles.